The van der Waals surface area contributed by atoms with E-state index in [4.69, 9.17) is 4.74 Å². The number of urea groups is 1. The first-order valence-electron chi connectivity index (χ1n) is 3.59. The van der Waals surface area contributed by atoms with Gasteiger partial charge >= 0.3 is 6.03 Å². The fraction of sp³-hybridized carbons (Fsp3) is 0.714. The summed E-state index contributed by atoms with van der Waals surface area (Å²) in [5.74, 6) is 0.393. The number of carbonyl (C=O) groups is 1. The van der Waals surface area contributed by atoms with Crippen LogP contribution in [0.25, 0.3) is 0 Å². The van der Waals surface area contributed by atoms with Crippen LogP contribution in [0.3, 0.4) is 0 Å². The Hall–Kier alpha value is -1.10. The van der Waals surface area contributed by atoms with Crippen molar-refractivity contribution in [2.24, 2.45) is 4.99 Å². The first kappa shape index (κ1) is 10.9. The highest BCUT2D eigenvalue weighted by Gasteiger charge is 2.06. The Morgan fingerprint density at radius 3 is 2.42 bits per heavy atom. The highest BCUT2D eigenvalue weighted by Crippen LogP contribution is 1.93. The molecule has 0 aliphatic carbocycles. The lowest BCUT2D eigenvalue weighted by Gasteiger charge is -2.10. The molecule has 0 aromatic rings. The minimum atomic E-state index is -0.476. The van der Waals surface area contributed by atoms with Gasteiger partial charge in [-0.2, -0.15) is 4.99 Å². The van der Waals surface area contributed by atoms with Crippen molar-refractivity contribution in [1.29, 1.82) is 0 Å². The van der Waals surface area contributed by atoms with E-state index in [9.17, 15) is 4.79 Å². The van der Waals surface area contributed by atoms with Gasteiger partial charge in [0.2, 0.25) is 0 Å². The van der Waals surface area contributed by atoms with Crippen LogP contribution in [-0.4, -0.2) is 38.3 Å². The molecule has 5 heteroatoms. The van der Waals surface area contributed by atoms with Gasteiger partial charge in [0.05, 0.1) is 14.2 Å². The van der Waals surface area contributed by atoms with Crippen LogP contribution in [-0.2, 0) is 9.57 Å². The maximum atomic E-state index is 11.0. The van der Waals surface area contributed by atoms with Crippen LogP contribution in [0.4, 0.5) is 4.79 Å². The molecule has 0 spiro atoms. The first-order chi connectivity index (χ1) is 5.65. The fourth-order valence-corrected chi connectivity index (χ4v) is 0.524. The van der Waals surface area contributed by atoms with Crippen molar-refractivity contribution in [2.45, 2.75) is 13.3 Å². The van der Waals surface area contributed by atoms with Crippen molar-refractivity contribution in [1.82, 2.24) is 5.06 Å². The van der Waals surface area contributed by atoms with Gasteiger partial charge in [0.15, 0.2) is 5.90 Å². The van der Waals surface area contributed by atoms with E-state index < -0.39 is 6.03 Å². The predicted molar refractivity (Wildman–Crippen MR) is 44.9 cm³/mol. The van der Waals surface area contributed by atoms with Crippen molar-refractivity contribution < 1.29 is 14.4 Å². The third kappa shape index (κ3) is 3.34. The van der Waals surface area contributed by atoms with E-state index in [1.165, 1.54) is 21.3 Å². The minimum absolute atomic E-state index is 0.393. The third-order valence-electron chi connectivity index (χ3n) is 1.30. The number of amides is 2. The van der Waals surface area contributed by atoms with Crippen LogP contribution < -0.4 is 0 Å². The fourth-order valence-electron chi connectivity index (χ4n) is 0.524. The van der Waals surface area contributed by atoms with Gasteiger partial charge in [0.25, 0.3) is 0 Å². The summed E-state index contributed by atoms with van der Waals surface area (Å²) in [5.41, 5.74) is 0. The number of carbonyl (C=O) groups excluding carboxylic acids is 1. The van der Waals surface area contributed by atoms with Gasteiger partial charge in [-0.3, -0.25) is 4.84 Å². The number of aliphatic imine (C=N–C) groups is 1. The maximum Gasteiger partial charge on any atom is 0.370 e. The van der Waals surface area contributed by atoms with Crippen molar-refractivity contribution in [3.63, 3.8) is 0 Å². The number of hydrogen-bond acceptors (Lipinski definition) is 3. The summed E-state index contributed by atoms with van der Waals surface area (Å²) in [6, 6.07) is -0.476. The Labute approximate surface area is 71.9 Å². The Morgan fingerprint density at radius 2 is 2.08 bits per heavy atom. The molecule has 0 fully saturated rings. The molecule has 2 amide bonds. The van der Waals surface area contributed by atoms with Crippen molar-refractivity contribution in [3.05, 3.63) is 0 Å². The van der Waals surface area contributed by atoms with E-state index in [2.05, 4.69) is 9.83 Å². The van der Waals surface area contributed by atoms with E-state index in [0.29, 0.717) is 12.3 Å². The zero-order chi connectivity index (χ0) is 9.56. The SMILES string of the molecule is CCC(=NC(=O)N(C)OC)OC. The second kappa shape index (κ2) is 5.54. The molecule has 0 saturated heterocycles. The van der Waals surface area contributed by atoms with Crippen molar-refractivity contribution >= 4 is 11.9 Å². The molecular weight excluding hydrogens is 160 g/mol. The number of methoxy groups -OCH3 is 1. The van der Waals surface area contributed by atoms with Crippen LogP contribution in [0.15, 0.2) is 4.99 Å². The standard InChI is InChI=1S/C7H14N2O3/c1-5-6(11-3)8-7(10)9(2)12-4/h5H2,1-4H3. The summed E-state index contributed by atoms with van der Waals surface area (Å²) >= 11 is 0. The van der Waals surface area contributed by atoms with Gasteiger partial charge in [0, 0.05) is 13.5 Å². The van der Waals surface area contributed by atoms with Crippen LogP contribution in [0.1, 0.15) is 13.3 Å². The first-order valence-corrected chi connectivity index (χ1v) is 3.59. The van der Waals surface area contributed by atoms with Gasteiger partial charge in [-0.15, -0.1) is 0 Å². The van der Waals surface area contributed by atoms with E-state index in [0.717, 1.165) is 5.06 Å². The number of hydroxylamine groups is 2. The van der Waals surface area contributed by atoms with E-state index in [1.54, 1.807) is 0 Å². The average molecular weight is 174 g/mol. The zero-order valence-electron chi connectivity index (χ0n) is 7.83. The lowest BCUT2D eigenvalue weighted by Crippen LogP contribution is -2.23. The monoisotopic (exact) mass is 174 g/mol. The zero-order valence-corrected chi connectivity index (χ0v) is 7.83. The molecule has 0 N–H and O–H groups in total. The highest BCUT2D eigenvalue weighted by atomic mass is 16.7. The van der Waals surface area contributed by atoms with Crippen molar-refractivity contribution in [3.8, 4) is 0 Å². The molecular formula is C7H14N2O3. The molecule has 5 nitrogen and oxygen atoms in total. The quantitative estimate of drug-likeness (QED) is 0.357. The summed E-state index contributed by atoms with van der Waals surface area (Å²) in [4.78, 5) is 19.3. The Kier molecular flexibility index (Phi) is 5.03. The topological polar surface area (TPSA) is 51.1 Å². The number of rotatable bonds is 2. The predicted octanol–water partition coefficient (Wildman–Crippen LogP) is 1.05. The lowest BCUT2D eigenvalue weighted by molar-refractivity contribution is -0.0614. The maximum absolute atomic E-state index is 11.0. The summed E-state index contributed by atoms with van der Waals surface area (Å²) in [5, 5.41) is 1.02. The Morgan fingerprint density at radius 1 is 1.50 bits per heavy atom. The number of nitrogens with zero attached hydrogens (tertiary/aromatic N) is 2. The smallest absolute Gasteiger partial charge is 0.370 e. The summed E-state index contributed by atoms with van der Waals surface area (Å²) in [6.07, 6.45) is 0.583. The highest BCUT2D eigenvalue weighted by molar-refractivity contribution is 5.89. The van der Waals surface area contributed by atoms with Gasteiger partial charge in [-0.1, -0.05) is 6.92 Å². The molecule has 0 saturated carbocycles. The second-order valence-corrected chi connectivity index (χ2v) is 2.03. The van der Waals surface area contributed by atoms with Gasteiger partial charge in [0.1, 0.15) is 0 Å². The summed E-state index contributed by atoms with van der Waals surface area (Å²) < 4.78 is 4.81. The average Bonchev–Trinajstić information content (AvgIpc) is 2.12. The van der Waals surface area contributed by atoms with Crippen LogP contribution in [0, 0.1) is 0 Å². The van der Waals surface area contributed by atoms with E-state index >= 15 is 0 Å². The molecule has 0 aliphatic rings. The molecule has 0 aromatic heterocycles. The normalized spacial score (nSPS) is 11.2. The number of ether oxygens (including phenoxy) is 1. The van der Waals surface area contributed by atoms with Gasteiger partial charge in [-0.25, -0.2) is 9.86 Å². The van der Waals surface area contributed by atoms with E-state index in [1.807, 2.05) is 6.92 Å². The van der Waals surface area contributed by atoms with Crippen LogP contribution in [0.2, 0.25) is 0 Å². The molecule has 0 unspecified atom stereocenters. The molecule has 0 rings (SSSR count). The molecule has 0 aromatic carbocycles. The molecule has 0 bridgehead atoms. The van der Waals surface area contributed by atoms with Gasteiger partial charge in [-0.05, 0) is 0 Å². The largest absolute Gasteiger partial charge is 0.484 e. The summed E-state index contributed by atoms with van der Waals surface area (Å²) in [6.45, 7) is 1.85. The molecule has 70 valence electrons. The van der Waals surface area contributed by atoms with E-state index in [-0.39, 0.29) is 0 Å². The Balaban J connectivity index is 4.20. The Bertz CT molecular complexity index is 173. The second-order valence-electron chi connectivity index (χ2n) is 2.03. The van der Waals surface area contributed by atoms with Crippen molar-refractivity contribution in [2.75, 3.05) is 21.3 Å². The van der Waals surface area contributed by atoms with Gasteiger partial charge < -0.3 is 4.74 Å². The summed E-state index contributed by atoms with van der Waals surface area (Å²) in [7, 11) is 4.35. The molecule has 0 radical (unpaired) electrons. The minimum Gasteiger partial charge on any atom is -0.484 e. The number of hydrogen-bond donors (Lipinski definition) is 0. The molecule has 0 atom stereocenters. The van der Waals surface area contributed by atoms with Crippen LogP contribution >= 0.6 is 0 Å². The molecule has 12 heavy (non-hydrogen) atoms. The van der Waals surface area contributed by atoms with Crippen LogP contribution in [0.5, 0.6) is 0 Å². The molecule has 0 aliphatic heterocycles. The molecule has 0 heterocycles. The lowest BCUT2D eigenvalue weighted by atomic mass is 10.5. The third-order valence-corrected chi connectivity index (χ3v) is 1.30.